The molecule has 2 aromatic rings. The molecule has 1 saturated heterocycles. The quantitative estimate of drug-likeness (QED) is 0.652. The van der Waals surface area contributed by atoms with E-state index in [1.165, 1.54) is 52.8 Å². The summed E-state index contributed by atoms with van der Waals surface area (Å²) in [4.78, 5) is 24.1. The third-order valence-electron chi connectivity index (χ3n) is 4.88. The standard InChI is InChI=1S/C21H22F3N3O4S/c22-21(23,24)14-25-19(28)13-15-3-7-17(8-4-15)26-20(29)16-5-9-18(10-6-16)32(30,31)27-11-1-2-12-27/h3-10H,1-2,11-14H2,(H,25,28)(H,26,29). The predicted octanol–water partition coefficient (Wildman–Crippen LogP) is 2.94. The normalized spacial score (nSPS) is 14.8. The van der Waals surface area contributed by atoms with Gasteiger partial charge in [0.2, 0.25) is 15.9 Å². The summed E-state index contributed by atoms with van der Waals surface area (Å²) in [6, 6.07) is 11.7. The van der Waals surface area contributed by atoms with Crippen LogP contribution in [0.3, 0.4) is 0 Å². The van der Waals surface area contributed by atoms with Crippen LogP contribution in [0.2, 0.25) is 0 Å². The lowest BCUT2D eigenvalue weighted by atomic mass is 10.1. The average molecular weight is 469 g/mol. The first-order valence-corrected chi connectivity index (χ1v) is 11.3. The van der Waals surface area contributed by atoms with Crippen LogP contribution >= 0.6 is 0 Å². The van der Waals surface area contributed by atoms with Gasteiger partial charge in [0.1, 0.15) is 6.54 Å². The Morgan fingerprint density at radius 3 is 2.09 bits per heavy atom. The second-order valence-electron chi connectivity index (χ2n) is 7.36. The van der Waals surface area contributed by atoms with Crippen molar-refractivity contribution in [3.8, 4) is 0 Å². The number of halogens is 3. The third kappa shape index (κ3) is 6.30. The van der Waals surface area contributed by atoms with Crippen molar-refractivity contribution >= 4 is 27.5 Å². The first kappa shape index (κ1) is 23.7. The molecular formula is C21H22F3N3O4S. The molecule has 0 saturated carbocycles. The molecule has 7 nitrogen and oxygen atoms in total. The smallest absolute Gasteiger partial charge is 0.347 e. The van der Waals surface area contributed by atoms with E-state index in [1.807, 2.05) is 0 Å². The van der Waals surface area contributed by atoms with Gasteiger partial charge in [0.15, 0.2) is 0 Å². The molecule has 0 aliphatic carbocycles. The van der Waals surface area contributed by atoms with E-state index < -0.39 is 34.6 Å². The number of sulfonamides is 1. The summed E-state index contributed by atoms with van der Waals surface area (Å²) < 4.78 is 62.9. The summed E-state index contributed by atoms with van der Waals surface area (Å²) in [5, 5.41) is 4.44. The van der Waals surface area contributed by atoms with Gasteiger partial charge in [-0.3, -0.25) is 9.59 Å². The Kier molecular flexibility index (Phi) is 7.19. The number of amides is 2. The number of hydrogen-bond acceptors (Lipinski definition) is 4. The Morgan fingerprint density at radius 2 is 1.53 bits per heavy atom. The van der Waals surface area contributed by atoms with E-state index in [0.717, 1.165) is 12.8 Å². The molecule has 0 bridgehead atoms. The zero-order chi connectivity index (χ0) is 23.4. The first-order valence-electron chi connectivity index (χ1n) is 9.88. The Labute approximate surface area is 183 Å². The molecule has 1 aliphatic heterocycles. The second-order valence-corrected chi connectivity index (χ2v) is 9.29. The van der Waals surface area contributed by atoms with Gasteiger partial charge in [0.25, 0.3) is 5.91 Å². The largest absolute Gasteiger partial charge is 0.405 e. The molecular weight excluding hydrogens is 447 g/mol. The van der Waals surface area contributed by atoms with Crippen molar-refractivity contribution < 1.29 is 31.2 Å². The fraction of sp³-hybridized carbons (Fsp3) is 0.333. The van der Waals surface area contributed by atoms with Crippen LogP contribution in [0.4, 0.5) is 18.9 Å². The Balaban J connectivity index is 1.57. The minimum Gasteiger partial charge on any atom is -0.347 e. The number of anilines is 1. The lowest BCUT2D eigenvalue weighted by molar-refractivity contribution is -0.138. The van der Waals surface area contributed by atoms with Crippen molar-refractivity contribution in [3.63, 3.8) is 0 Å². The molecule has 2 aromatic carbocycles. The first-order chi connectivity index (χ1) is 15.0. The van der Waals surface area contributed by atoms with Crippen molar-refractivity contribution in [2.75, 3.05) is 25.0 Å². The van der Waals surface area contributed by atoms with Gasteiger partial charge in [0, 0.05) is 24.3 Å². The molecule has 1 heterocycles. The van der Waals surface area contributed by atoms with Gasteiger partial charge in [-0.2, -0.15) is 17.5 Å². The number of carbonyl (C=O) groups excluding carboxylic acids is 2. The molecule has 2 N–H and O–H groups in total. The zero-order valence-corrected chi connectivity index (χ0v) is 17.8. The van der Waals surface area contributed by atoms with Gasteiger partial charge in [-0.1, -0.05) is 12.1 Å². The van der Waals surface area contributed by atoms with Crippen molar-refractivity contribution in [2.45, 2.75) is 30.3 Å². The highest BCUT2D eigenvalue weighted by Crippen LogP contribution is 2.21. The lowest BCUT2D eigenvalue weighted by Gasteiger charge is -2.15. The summed E-state index contributed by atoms with van der Waals surface area (Å²) in [5.41, 5.74) is 1.17. The lowest BCUT2D eigenvalue weighted by Crippen LogP contribution is -2.34. The van der Waals surface area contributed by atoms with E-state index in [1.54, 1.807) is 5.32 Å². The van der Waals surface area contributed by atoms with E-state index >= 15 is 0 Å². The van der Waals surface area contributed by atoms with Crippen LogP contribution in [-0.2, 0) is 21.2 Å². The minimum absolute atomic E-state index is 0.129. The van der Waals surface area contributed by atoms with Crippen LogP contribution in [0.5, 0.6) is 0 Å². The number of alkyl halides is 3. The maximum absolute atomic E-state index is 12.5. The number of rotatable bonds is 7. The van der Waals surface area contributed by atoms with E-state index in [-0.39, 0.29) is 16.9 Å². The minimum atomic E-state index is -4.47. The highest BCUT2D eigenvalue weighted by molar-refractivity contribution is 7.89. The van der Waals surface area contributed by atoms with Gasteiger partial charge in [0.05, 0.1) is 11.3 Å². The number of nitrogens with zero attached hydrogens (tertiary/aromatic N) is 1. The molecule has 2 amide bonds. The Bertz CT molecular complexity index is 1060. The Morgan fingerprint density at radius 1 is 0.938 bits per heavy atom. The molecule has 0 atom stereocenters. The zero-order valence-electron chi connectivity index (χ0n) is 17.0. The maximum Gasteiger partial charge on any atom is 0.405 e. The van der Waals surface area contributed by atoms with Crippen LogP contribution in [-0.4, -0.2) is 50.3 Å². The van der Waals surface area contributed by atoms with Crippen LogP contribution < -0.4 is 10.6 Å². The highest BCUT2D eigenvalue weighted by atomic mass is 32.2. The van der Waals surface area contributed by atoms with Crippen molar-refractivity contribution in [1.82, 2.24) is 9.62 Å². The molecule has 32 heavy (non-hydrogen) atoms. The molecule has 0 spiro atoms. The number of carbonyl (C=O) groups is 2. The molecule has 1 aliphatic rings. The fourth-order valence-electron chi connectivity index (χ4n) is 3.21. The molecule has 172 valence electrons. The van der Waals surface area contributed by atoms with E-state index in [2.05, 4.69) is 5.32 Å². The summed E-state index contributed by atoms with van der Waals surface area (Å²) in [6.07, 6.45) is -3.04. The van der Waals surface area contributed by atoms with E-state index in [4.69, 9.17) is 0 Å². The molecule has 3 rings (SSSR count). The summed E-state index contributed by atoms with van der Waals surface area (Å²) >= 11 is 0. The molecule has 0 unspecified atom stereocenters. The molecule has 11 heteroatoms. The van der Waals surface area contributed by atoms with Crippen molar-refractivity contribution in [3.05, 3.63) is 59.7 Å². The van der Waals surface area contributed by atoms with Gasteiger partial charge >= 0.3 is 6.18 Å². The topological polar surface area (TPSA) is 95.6 Å². The predicted molar refractivity (Wildman–Crippen MR) is 112 cm³/mol. The van der Waals surface area contributed by atoms with Crippen molar-refractivity contribution in [2.24, 2.45) is 0 Å². The number of nitrogens with one attached hydrogen (secondary N) is 2. The number of benzene rings is 2. The van der Waals surface area contributed by atoms with Crippen LogP contribution in [0, 0.1) is 0 Å². The monoisotopic (exact) mass is 469 g/mol. The van der Waals surface area contributed by atoms with Crippen LogP contribution in [0.25, 0.3) is 0 Å². The van der Waals surface area contributed by atoms with E-state index in [9.17, 15) is 31.2 Å². The van der Waals surface area contributed by atoms with Crippen LogP contribution in [0.15, 0.2) is 53.4 Å². The summed E-state index contributed by atoms with van der Waals surface area (Å²) in [5.74, 6) is -1.21. The molecule has 0 aromatic heterocycles. The van der Waals surface area contributed by atoms with Crippen molar-refractivity contribution in [1.29, 1.82) is 0 Å². The highest BCUT2D eigenvalue weighted by Gasteiger charge is 2.28. The fourth-order valence-corrected chi connectivity index (χ4v) is 4.73. The van der Waals surface area contributed by atoms with Gasteiger partial charge in [-0.05, 0) is 54.8 Å². The molecule has 0 radical (unpaired) electrons. The third-order valence-corrected chi connectivity index (χ3v) is 6.79. The van der Waals surface area contributed by atoms with Gasteiger partial charge in [-0.25, -0.2) is 8.42 Å². The maximum atomic E-state index is 12.5. The van der Waals surface area contributed by atoms with Gasteiger partial charge < -0.3 is 10.6 Å². The van der Waals surface area contributed by atoms with Crippen LogP contribution in [0.1, 0.15) is 28.8 Å². The molecule has 1 fully saturated rings. The Hall–Kier alpha value is -2.92. The average Bonchev–Trinajstić information content (AvgIpc) is 3.29. The second kappa shape index (κ2) is 9.70. The SMILES string of the molecule is O=C(Cc1ccc(NC(=O)c2ccc(S(=O)(=O)N3CCCC3)cc2)cc1)NCC(F)(F)F. The summed E-state index contributed by atoms with van der Waals surface area (Å²) in [7, 11) is -3.56. The van der Waals surface area contributed by atoms with Gasteiger partial charge in [-0.15, -0.1) is 0 Å². The summed E-state index contributed by atoms with van der Waals surface area (Å²) in [6.45, 7) is -0.410. The van der Waals surface area contributed by atoms with E-state index in [0.29, 0.717) is 24.3 Å². The number of hydrogen-bond donors (Lipinski definition) is 2.